The fourth-order valence-electron chi connectivity index (χ4n) is 3.19. The van der Waals surface area contributed by atoms with Crippen molar-refractivity contribution in [1.82, 2.24) is 15.3 Å². The number of H-pyrrole nitrogens is 1. The maximum absolute atomic E-state index is 4.26. The number of imidazole rings is 1. The first-order chi connectivity index (χ1) is 9.92. The first kappa shape index (κ1) is 13.4. The summed E-state index contributed by atoms with van der Waals surface area (Å²) in [6.45, 7) is 1.02. The van der Waals surface area contributed by atoms with Crippen LogP contribution in [0.4, 0.5) is 0 Å². The Morgan fingerprint density at radius 3 is 2.60 bits per heavy atom. The highest BCUT2D eigenvalue weighted by Gasteiger charge is 2.21. The average Bonchev–Trinajstić information content (AvgIpc) is 3.02. The summed E-state index contributed by atoms with van der Waals surface area (Å²) < 4.78 is 0. The number of rotatable bonds is 5. The largest absolute Gasteiger partial charge is 0.349 e. The number of hydrogen-bond acceptors (Lipinski definition) is 2. The zero-order valence-electron chi connectivity index (χ0n) is 11.9. The molecular weight excluding hydrogens is 246 g/mol. The Labute approximate surface area is 120 Å². The second-order valence-electron chi connectivity index (χ2n) is 5.70. The highest BCUT2D eigenvalue weighted by molar-refractivity contribution is 5.20. The van der Waals surface area contributed by atoms with Crippen molar-refractivity contribution in [2.24, 2.45) is 0 Å². The zero-order valence-corrected chi connectivity index (χ0v) is 11.9. The van der Waals surface area contributed by atoms with Gasteiger partial charge in [-0.2, -0.15) is 0 Å². The van der Waals surface area contributed by atoms with E-state index in [4.69, 9.17) is 0 Å². The molecule has 3 nitrogen and oxygen atoms in total. The minimum Gasteiger partial charge on any atom is -0.349 e. The summed E-state index contributed by atoms with van der Waals surface area (Å²) >= 11 is 0. The molecule has 3 rings (SSSR count). The summed E-state index contributed by atoms with van der Waals surface area (Å²) in [7, 11) is 0. The third-order valence-corrected chi connectivity index (χ3v) is 4.35. The topological polar surface area (TPSA) is 40.7 Å². The molecule has 3 heteroatoms. The van der Waals surface area contributed by atoms with Gasteiger partial charge in [0.1, 0.15) is 5.82 Å². The summed E-state index contributed by atoms with van der Waals surface area (Å²) in [6, 6.07) is 11.6. The number of aromatic nitrogens is 2. The van der Waals surface area contributed by atoms with Crippen LogP contribution >= 0.6 is 0 Å². The monoisotopic (exact) mass is 269 g/mol. The molecule has 2 N–H and O–H groups in total. The minimum atomic E-state index is 0.685. The van der Waals surface area contributed by atoms with Crippen molar-refractivity contribution in [2.45, 2.75) is 44.1 Å². The molecule has 20 heavy (non-hydrogen) atoms. The smallest absolute Gasteiger partial charge is 0.107 e. The molecule has 0 unspecified atom stereocenters. The molecule has 1 heterocycles. The lowest BCUT2D eigenvalue weighted by molar-refractivity contribution is 0.344. The number of hydrogen-bond donors (Lipinski definition) is 2. The second-order valence-corrected chi connectivity index (χ2v) is 5.70. The fraction of sp³-hybridized carbons (Fsp3) is 0.471. The van der Waals surface area contributed by atoms with Gasteiger partial charge in [0.15, 0.2) is 0 Å². The van der Waals surface area contributed by atoms with E-state index < -0.39 is 0 Å². The molecule has 1 aliphatic carbocycles. The molecular formula is C17H23N3. The van der Waals surface area contributed by atoms with Gasteiger partial charge < -0.3 is 10.3 Å². The average molecular weight is 269 g/mol. The Morgan fingerprint density at radius 2 is 1.90 bits per heavy atom. The number of nitrogens with one attached hydrogen (secondary N) is 2. The Kier molecular flexibility index (Phi) is 4.49. The molecule has 0 bridgehead atoms. The van der Waals surface area contributed by atoms with Crippen LogP contribution in [-0.4, -0.2) is 22.6 Å². The van der Waals surface area contributed by atoms with Crippen LogP contribution in [0, 0.1) is 0 Å². The molecule has 0 saturated heterocycles. The van der Waals surface area contributed by atoms with Crippen molar-refractivity contribution < 1.29 is 0 Å². The van der Waals surface area contributed by atoms with Gasteiger partial charge in [0.25, 0.3) is 0 Å². The molecule has 2 aromatic rings. The van der Waals surface area contributed by atoms with Crippen LogP contribution in [0.1, 0.15) is 43.0 Å². The van der Waals surface area contributed by atoms with Gasteiger partial charge in [-0.1, -0.05) is 30.3 Å². The van der Waals surface area contributed by atoms with Crippen LogP contribution in [0.3, 0.4) is 0 Å². The van der Waals surface area contributed by atoms with Crippen LogP contribution in [0.15, 0.2) is 42.7 Å². The molecule has 0 atom stereocenters. The van der Waals surface area contributed by atoms with Crippen molar-refractivity contribution in [3.8, 4) is 0 Å². The molecule has 0 aliphatic heterocycles. The molecule has 106 valence electrons. The van der Waals surface area contributed by atoms with Gasteiger partial charge in [0.05, 0.1) is 0 Å². The van der Waals surface area contributed by atoms with Crippen LogP contribution in [0.2, 0.25) is 0 Å². The van der Waals surface area contributed by atoms with Gasteiger partial charge in [-0.15, -0.1) is 0 Å². The van der Waals surface area contributed by atoms with E-state index >= 15 is 0 Å². The third kappa shape index (κ3) is 3.48. The number of nitrogens with zero attached hydrogens (tertiary/aromatic N) is 1. The lowest BCUT2D eigenvalue weighted by Crippen LogP contribution is -2.34. The SMILES string of the molecule is c1ccc(C2CCC(NCCc3ncc[nH]3)CC2)cc1. The molecule has 1 aliphatic rings. The van der Waals surface area contributed by atoms with Crippen molar-refractivity contribution in [3.05, 3.63) is 54.1 Å². The van der Waals surface area contributed by atoms with Gasteiger partial charge in [-0.05, 0) is 37.2 Å². The Bertz CT molecular complexity index is 484. The summed E-state index contributed by atoms with van der Waals surface area (Å²) in [5.74, 6) is 1.84. The predicted molar refractivity (Wildman–Crippen MR) is 81.7 cm³/mol. The van der Waals surface area contributed by atoms with E-state index in [1.807, 2.05) is 12.4 Å². The maximum atomic E-state index is 4.26. The van der Waals surface area contributed by atoms with Gasteiger partial charge in [0, 0.05) is 31.4 Å². The van der Waals surface area contributed by atoms with Crippen molar-refractivity contribution in [3.63, 3.8) is 0 Å². The molecule has 0 spiro atoms. The van der Waals surface area contributed by atoms with Crippen LogP contribution in [0.25, 0.3) is 0 Å². The molecule has 1 aromatic heterocycles. The van der Waals surface area contributed by atoms with Crippen molar-refractivity contribution in [1.29, 1.82) is 0 Å². The summed E-state index contributed by atoms with van der Waals surface area (Å²) in [4.78, 5) is 7.41. The molecule has 1 aromatic carbocycles. The second kappa shape index (κ2) is 6.71. The van der Waals surface area contributed by atoms with Gasteiger partial charge >= 0.3 is 0 Å². The normalized spacial score (nSPS) is 22.8. The van der Waals surface area contributed by atoms with E-state index in [1.165, 1.54) is 31.2 Å². The lowest BCUT2D eigenvalue weighted by atomic mass is 9.82. The summed E-state index contributed by atoms with van der Waals surface area (Å²) in [5, 5.41) is 3.67. The standard InChI is InChI=1S/C17H23N3/c1-2-4-14(5-3-1)15-6-8-16(9-7-15)18-11-10-17-19-12-13-20-17/h1-5,12-13,15-16,18H,6-11H2,(H,19,20). The minimum absolute atomic E-state index is 0.685. The van der Waals surface area contributed by atoms with Gasteiger partial charge in [-0.25, -0.2) is 4.98 Å². The molecule has 0 amide bonds. The zero-order chi connectivity index (χ0) is 13.6. The first-order valence-corrected chi connectivity index (χ1v) is 7.68. The molecule has 0 radical (unpaired) electrons. The van der Waals surface area contributed by atoms with Crippen LogP contribution < -0.4 is 5.32 Å². The third-order valence-electron chi connectivity index (χ3n) is 4.35. The summed E-state index contributed by atoms with van der Waals surface area (Å²) in [5.41, 5.74) is 1.52. The predicted octanol–water partition coefficient (Wildman–Crippen LogP) is 3.27. The fourth-order valence-corrected chi connectivity index (χ4v) is 3.19. The first-order valence-electron chi connectivity index (χ1n) is 7.68. The summed E-state index contributed by atoms with van der Waals surface area (Å²) in [6.07, 6.45) is 9.90. The lowest BCUT2D eigenvalue weighted by Gasteiger charge is -2.29. The molecule has 1 fully saturated rings. The van der Waals surface area contributed by atoms with E-state index in [9.17, 15) is 0 Å². The Balaban J connectivity index is 1.40. The maximum Gasteiger partial charge on any atom is 0.107 e. The van der Waals surface area contributed by atoms with E-state index in [2.05, 4.69) is 45.6 Å². The van der Waals surface area contributed by atoms with Crippen molar-refractivity contribution in [2.75, 3.05) is 6.54 Å². The van der Waals surface area contributed by atoms with E-state index in [1.54, 1.807) is 0 Å². The Hall–Kier alpha value is -1.61. The van der Waals surface area contributed by atoms with Gasteiger partial charge in [-0.3, -0.25) is 0 Å². The number of aromatic amines is 1. The van der Waals surface area contributed by atoms with E-state index in [-0.39, 0.29) is 0 Å². The van der Waals surface area contributed by atoms with Gasteiger partial charge in [0.2, 0.25) is 0 Å². The highest BCUT2D eigenvalue weighted by atomic mass is 14.9. The van der Waals surface area contributed by atoms with Crippen molar-refractivity contribution >= 4 is 0 Å². The molecule has 1 saturated carbocycles. The Morgan fingerprint density at radius 1 is 1.10 bits per heavy atom. The van der Waals surface area contributed by atoms with Crippen LogP contribution in [-0.2, 0) is 6.42 Å². The quantitative estimate of drug-likeness (QED) is 0.874. The van der Waals surface area contributed by atoms with Crippen LogP contribution in [0.5, 0.6) is 0 Å². The highest BCUT2D eigenvalue weighted by Crippen LogP contribution is 2.32. The van der Waals surface area contributed by atoms with E-state index in [0.717, 1.165) is 24.7 Å². The number of benzene rings is 1. The van der Waals surface area contributed by atoms with E-state index in [0.29, 0.717) is 6.04 Å².